The summed E-state index contributed by atoms with van der Waals surface area (Å²) in [6.45, 7) is 3.66. The number of amides is 1. The van der Waals surface area contributed by atoms with E-state index < -0.39 is 12.8 Å². The Kier molecular flexibility index (Phi) is 5.44. The Hall–Kier alpha value is -1.76. The van der Waals surface area contributed by atoms with E-state index in [2.05, 4.69) is 9.64 Å². The largest absolute Gasteiger partial charge is 0.454 e. The standard InChI is InChI=1S/C14H17F3N2O2/c15-13(16)14(17)21-12-3-1-11(2-4-12)9-18-5-7-19(10-20)8-6-18/h1-4,10,13-14H,5-9H2. The van der Waals surface area contributed by atoms with Crippen molar-refractivity contribution >= 4 is 6.41 Å². The SMILES string of the molecule is O=CN1CCN(Cc2ccc(OC(F)C(F)F)cc2)CC1. The highest BCUT2D eigenvalue weighted by molar-refractivity contribution is 5.47. The van der Waals surface area contributed by atoms with E-state index in [0.29, 0.717) is 19.6 Å². The molecule has 1 heterocycles. The molecule has 0 saturated carbocycles. The molecule has 0 radical (unpaired) electrons. The fourth-order valence-electron chi connectivity index (χ4n) is 2.14. The first-order valence-electron chi connectivity index (χ1n) is 6.68. The molecule has 1 aromatic carbocycles. The maximum atomic E-state index is 12.7. The molecule has 1 amide bonds. The number of carbonyl (C=O) groups is 1. The molecule has 1 unspecified atom stereocenters. The number of halogens is 3. The molecule has 0 aromatic heterocycles. The summed E-state index contributed by atoms with van der Waals surface area (Å²) in [5.41, 5.74) is 0.981. The van der Waals surface area contributed by atoms with Crippen molar-refractivity contribution in [2.24, 2.45) is 0 Å². The molecule has 0 bridgehead atoms. The molecule has 0 spiro atoms. The molecule has 21 heavy (non-hydrogen) atoms. The molecule has 1 saturated heterocycles. The Bertz CT molecular complexity index is 448. The normalized spacial score (nSPS) is 17.8. The molecule has 7 heteroatoms. The molecule has 1 atom stereocenters. The third-order valence-electron chi connectivity index (χ3n) is 3.33. The number of nitrogens with zero attached hydrogens (tertiary/aromatic N) is 2. The van der Waals surface area contributed by atoms with Crippen LogP contribution in [0.15, 0.2) is 24.3 Å². The predicted molar refractivity (Wildman–Crippen MR) is 70.9 cm³/mol. The number of hydrogen-bond acceptors (Lipinski definition) is 3. The maximum Gasteiger partial charge on any atom is 0.304 e. The number of piperazine rings is 1. The van der Waals surface area contributed by atoms with Crippen molar-refractivity contribution < 1.29 is 22.7 Å². The molecular formula is C14H17F3N2O2. The van der Waals surface area contributed by atoms with Crippen molar-refractivity contribution in [3.05, 3.63) is 29.8 Å². The van der Waals surface area contributed by atoms with E-state index in [0.717, 1.165) is 25.1 Å². The Morgan fingerprint density at radius 2 is 1.71 bits per heavy atom. The van der Waals surface area contributed by atoms with Gasteiger partial charge in [-0.2, -0.15) is 4.39 Å². The van der Waals surface area contributed by atoms with Crippen molar-refractivity contribution in [1.29, 1.82) is 0 Å². The summed E-state index contributed by atoms with van der Waals surface area (Å²) < 4.78 is 41.3. The first-order valence-corrected chi connectivity index (χ1v) is 6.68. The Labute approximate surface area is 121 Å². The predicted octanol–water partition coefficient (Wildman–Crippen LogP) is 1.90. The number of hydrogen-bond donors (Lipinski definition) is 0. The smallest absolute Gasteiger partial charge is 0.304 e. The second-order valence-corrected chi connectivity index (χ2v) is 4.86. The van der Waals surface area contributed by atoms with Crippen LogP contribution in [0.5, 0.6) is 5.75 Å². The zero-order valence-corrected chi connectivity index (χ0v) is 11.4. The Morgan fingerprint density at radius 3 is 2.24 bits per heavy atom. The molecule has 2 rings (SSSR count). The molecule has 1 aromatic rings. The topological polar surface area (TPSA) is 32.8 Å². The summed E-state index contributed by atoms with van der Waals surface area (Å²) in [6.07, 6.45) is -4.91. The first kappa shape index (κ1) is 15.6. The number of alkyl halides is 3. The summed E-state index contributed by atoms with van der Waals surface area (Å²) >= 11 is 0. The number of ether oxygens (including phenoxy) is 1. The molecule has 116 valence electrons. The van der Waals surface area contributed by atoms with Crippen LogP contribution in [0, 0.1) is 0 Å². The van der Waals surface area contributed by atoms with Crippen LogP contribution in [0.25, 0.3) is 0 Å². The summed E-state index contributed by atoms with van der Waals surface area (Å²) in [5, 5.41) is 0. The second-order valence-electron chi connectivity index (χ2n) is 4.86. The zero-order valence-electron chi connectivity index (χ0n) is 11.4. The van der Waals surface area contributed by atoms with Gasteiger partial charge in [-0.05, 0) is 17.7 Å². The lowest BCUT2D eigenvalue weighted by molar-refractivity contribution is -0.119. The van der Waals surface area contributed by atoms with Crippen LogP contribution in [0.1, 0.15) is 5.56 Å². The third-order valence-corrected chi connectivity index (χ3v) is 3.33. The summed E-state index contributed by atoms with van der Waals surface area (Å²) in [7, 11) is 0. The average molecular weight is 302 g/mol. The minimum Gasteiger partial charge on any atom is -0.454 e. The van der Waals surface area contributed by atoms with Crippen LogP contribution in [0.4, 0.5) is 13.2 Å². The number of benzene rings is 1. The van der Waals surface area contributed by atoms with Crippen LogP contribution in [-0.4, -0.2) is 55.2 Å². The van der Waals surface area contributed by atoms with Crippen LogP contribution < -0.4 is 4.74 Å². The van der Waals surface area contributed by atoms with Gasteiger partial charge in [-0.3, -0.25) is 9.69 Å². The highest BCUT2D eigenvalue weighted by Gasteiger charge is 2.20. The molecule has 1 fully saturated rings. The summed E-state index contributed by atoms with van der Waals surface area (Å²) in [4.78, 5) is 14.5. The van der Waals surface area contributed by atoms with Gasteiger partial charge in [0.15, 0.2) is 0 Å². The lowest BCUT2D eigenvalue weighted by Gasteiger charge is -2.32. The van der Waals surface area contributed by atoms with Gasteiger partial charge >= 0.3 is 6.43 Å². The third kappa shape index (κ3) is 4.63. The van der Waals surface area contributed by atoms with Gasteiger partial charge in [0.2, 0.25) is 6.41 Å². The van der Waals surface area contributed by atoms with Crippen molar-refractivity contribution in [1.82, 2.24) is 9.80 Å². The van der Waals surface area contributed by atoms with Gasteiger partial charge in [-0.1, -0.05) is 12.1 Å². The van der Waals surface area contributed by atoms with E-state index >= 15 is 0 Å². The average Bonchev–Trinajstić information content (AvgIpc) is 2.50. The molecular weight excluding hydrogens is 285 g/mol. The first-order chi connectivity index (χ1) is 10.1. The van der Waals surface area contributed by atoms with E-state index in [4.69, 9.17) is 0 Å². The lowest BCUT2D eigenvalue weighted by atomic mass is 10.2. The summed E-state index contributed by atoms with van der Waals surface area (Å²) in [5.74, 6) is 0.0809. The minimum atomic E-state index is -3.15. The van der Waals surface area contributed by atoms with Gasteiger partial charge in [-0.15, -0.1) is 0 Å². The van der Waals surface area contributed by atoms with E-state index in [-0.39, 0.29) is 5.75 Å². The van der Waals surface area contributed by atoms with Crippen molar-refractivity contribution in [2.45, 2.75) is 19.3 Å². The molecule has 0 aliphatic carbocycles. The van der Waals surface area contributed by atoms with E-state index in [1.807, 2.05) is 0 Å². The monoisotopic (exact) mass is 302 g/mol. The van der Waals surface area contributed by atoms with Gasteiger partial charge in [0.05, 0.1) is 0 Å². The molecule has 1 aliphatic rings. The lowest BCUT2D eigenvalue weighted by Crippen LogP contribution is -2.45. The Morgan fingerprint density at radius 1 is 1.10 bits per heavy atom. The van der Waals surface area contributed by atoms with Crippen LogP contribution in [-0.2, 0) is 11.3 Å². The second kappa shape index (κ2) is 7.31. The highest BCUT2D eigenvalue weighted by atomic mass is 19.3. The number of rotatable bonds is 6. The van der Waals surface area contributed by atoms with Crippen LogP contribution in [0.3, 0.4) is 0 Å². The van der Waals surface area contributed by atoms with Crippen LogP contribution in [0.2, 0.25) is 0 Å². The summed E-state index contributed by atoms with van der Waals surface area (Å²) in [6, 6.07) is 6.40. The Balaban J connectivity index is 1.84. The highest BCUT2D eigenvalue weighted by Crippen LogP contribution is 2.18. The maximum absolute atomic E-state index is 12.7. The number of carbonyl (C=O) groups excluding carboxylic acids is 1. The van der Waals surface area contributed by atoms with Gasteiger partial charge in [0, 0.05) is 32.7 Å². The molecule has 0 N–H and O–H groups in total. The van der Waals surface area contributed by atoms with Gasteiger partial charge < -0.3 is 9.64 Å². The van der Waals surface area contributed by atoms with Gasteiger partial charge in [-0.25, -0.2) is 8.78 Å². The van der Waals surface area contributed by atoms with E-state index in [9.17, 15) is 18.0 Å². The van der Waals surface area contributed by atoms with Gasteiger partial charge in [0.1, 0.15) is 5.75 Å². The van der Waals surface area contributed by atoms with Crippen LogP contribution >= 0.6 is 0 Å². The zero-order chi connectivity index (χ0) is 15.2. The van der Waals surface area contributed by atoms with E-state index in [1.54, 1.807) is 17.0 Å². The minimum absolute atomic E-state index is 0.0809. The van der Waals surface area contributed by atoms with Gasteiger partial charge in [0.25, 0.3) is 6.36 Å². The van der Waals surface area contributed by atoms with Crippen molar-refractivity contribution in [3.8, 4) is 5.75 Å². The van der Waals surface area contributed by atoms with Crippen molar-refractivity contribution in [3.63, 3.8) is 0 Å². The van der Waals surface area contributed by atoms with Crippen molar-refractivity contribution in [2.75, 3.05) is 26.2 Å². The fourth-order valence-corrected chi connectivity index (χ4v) is 2.14. The quantitative estimate of drug-likeness (QED) is 0.753. The van der Waals surface area contributed by atoms with E-state index in [1.165, 1.54) is 12.1 Å². The molecule has 1 aliphatic heterocycles. The molecule has 4 nitrogen and oxygen atoms in total. The fraction of sp³-hybridized carbons (Fsp3) is 0.500.